The van der Waals surface area contributed by atoms with E-state index in [4.69, 9.17) is 0 Å². The van der Waals surface area contributed by atoms with Crippen LogP contribution in [0, 0.1) is 0 Å². The second kappa shape index (κ2) is 4.94. The van der Waals surface area contributed by atoms with Crippen molar-refractivity contribution >= 4 is 11.8 Å². The third kappa shape index (κ3) is 3.80. The van der Waals surface area contributed by atoms with Crippen molar-refractivity contribution in [3.05, 3.63) is 29.8 Å². The first-order chi connectivity index (χ1) is 7.24. The SMILES string of the molecule is FC(F)Sc1cccc(CNC2CC2)c1. The summed E-state index contributed by atoms with van der Waals surface area (Å²) in [6.45, 7) is 0.780. The Morgan fingerprint density at radius 3 is 2.87 bits per heavy atom. The third-order valence-corrected chi connectivity index (χ3v) is 3.00. The highest BCUT2D eigenvalue weighted by atomic mass is 32.2. The van der Waals surface area contributed by atoms with E-state index in [1.807, 2.05) is 18.2 Å². The van der Waals surface area contributed by atoms with Gasteiger partial charge in [-0.25, -0.2) is 0 Å². The molecule has 1 saturated carbocycles. The average molecular weight is 229 g/mol. The van der Waals surface area contributed by atoms with Crippen molar-refractivity contribution in [3.63, 3.8) is 0 Å². The van der Waals surface area contributed by atoms with Crippen LogP contribution in [0.1, 0.15) is 18.4 Å². The average Bonchev–Trinajstić information content (AvgIpc) is 2.97. The predicted molar refractivity (Wildman–Crippen MR) is 58.2 cm³/mol. The van der Waals surface area contributed by atoms with Crippen LogP contribution < -0.4 is 5.32 Å². The fraction of sp³-hybridized carbons (Fsp3) is 0.455. The van der Waals surface area contributed by atoms with Crippen LogP contribution in [0.15, 0.2) is 29.2 Å². The van der Waals surface area contributed by atoms with Crippen molar-refractivity contribution in [2.75, 3.05) is 0 Å². The second-order valence-corrected chi connectivity index (χ2v) is 4.74. The summed E-state index contributed by atoms with van der Waals surface area (Å²) in [5, 5.41) is 3.36. The molecule has 0 atom stereocenters. The number of rotatable bonds is 5. The lowest BCUT2D eigenvalue weighted by Gasteiger charge is -2.05. The molecule has 15 heavy (non-hydrogen) atoms. The first-order valence-electron chi connectivity index (χ1n) is 5.01. The fourth-order valence-electron chi connectivity index (χ4n) is 1.38. The maximum Gasteiger partial charge on any atom is 0.288 e. The minimum atomic E-state index is -2.34. The lowest BCUT2D eigenvalue weighted by Crippen LogP contribution is -2.15. The van der Waals surface area contributed by atoms with Gasteiger partial charge in [-0.05, 0) is 30.5 Å². The molecule has 1 aliphatic rings. The number of halogens is 2. The van der Waals surface area contributed by atoms with E-state index < -0.39 is 5.76 Å². The van der Waals surface area contributed by atoms with Gasteiger partial charge in [0, 0.05) is 17.5 Å². The molecule has 0 bridgehead atoms. The van der Waals surface area contributed by atoms with Crippen molar-refractivity contribution in [2.45, 2.75) is 36.1 Å². The summed E-state index contributed by atoms with van der Waals surface area (Å²) < 4.78 is 24.2. The Balaban J connectivity index is 1.91. The summed E-state index contributed by atoms with van der Waals surface area (Å²) in [6.07, 6.45) is 2.48. The van der Waals surface area contributed by atoms with Gasteiger partial charge in [-0.15, -0.1) is 0 Å². The zero-order chi connectivity index (χ0) is 10.7. The standard InChI is InChI=1S/C11H13F2NS/c12-11(13)15-10-3-1-2-8(6-10)7-14-9-4-5-9/h1-3,6,9,11,14H,4-5,7H2. The van der Waals surface area contributed by atoms with Gasteiger partial charge in [0.15, 0.2) is 0 Å². The number of nitrogens with one attached hydrogen (secondary N) is 1. The molecule has 1 aromatic rings. The van der Waals surface area contributed by atoms with Crippen LogP contribution in [0.2, 0.25) is 0 Å². The lowest BCUT2D eigenvalue weighted by atomic mass is 10.2. The zero-order valence-corrected chi connectivity index (χ0v) is 9.07. The molecule has 0 aliphatic heterocycles. The van der Waals surface area contributed by atoms with Gasteiger partial charge in [0.2, 0.25) is 0 Å². The summed E-state index contributed by atoms with van der Waals surface area (Å²) in [4.78, 5) is 0.639. The van der Waals surface area contributed by atoms with Crippen molar-refractivity contribution < 1.29 is 8.78 Å². The Bertz CT molecular complexity index is 326. The largest absolute Gasteiger partial charge is 0.310 e. The van der Waals surface area contributed by atoms with Gasteiger partial charge in [-0.2, -0.15) is 8.78 Å². The summed E-state index contributed by atoms with van der Waals surface area (Å²) >= 11 is 0.601. The molecule has 1 nitrogen and oxygen atoms in total. The number of alkyl halides is 2. The van der Waals surface area contributed by atoms with E-state index in [1.165, 1.54) is 12.8 Å². The zero-order valence-electron chi connectivity index (χ0n) is 8.25. The molecule has 82 valence electrons. The van der Waals surface area contributed by atoms with Crippen LogP contribution in [0.25, 0.3) is 0 Å². The van der Waals surface area contributed by atoms with E-state index in [0.717, 1.165) is 12.1 Å². The summed E-state index contributed by atoms with van der Waals surface area (Å²) in [5.41, 5.74) is 1.08. The fourth-order valence-corrected chi connectivity index (χ4v) is 1.96. The molecular formula is C11H13F2NS. The summed E-state index contributed by atoms with van der Waals surface area (Å²) in [7, 11) is 0. The van der Waals surface area contributed by atoms with E-state index in [2.05, 4.69) is 5.32 Å². The topological polar surface area (TPSA) is 12.0 Å². The molecule has 0 aromatic heterocycles. The Morgan fingerprint density at radius 1 is 1.40 bits per heavy atom. The Kier molecular flexibility index (Phi) is 3.59. The van der Waals surface area contributed by atoms with Crippen molar-refractivity contribution in [1.29, 1.82) is 0 Å². The highest BCUT2D eigenvalue weighted by Gasteiger charge is 2.19. The van der Waals surface area contributed by atoms with E-state index in [0.29, 0.717) is 22.7 Å². The van der Waals surface area contributed by atoms with Crippen LogP contribution in [0.4, 0.5) is 8.78 Å². The summed E-state index contributed by atoms with van der Waals surface area (Å²) in [6, 6.07) is 7.99. The quantitative estimate of drug-likeness (QED) is 0.778. The maximum absolute atomic E-state index is 12.1. The minimum absolute atomic E-state index is 0.601. The molecule has 0 spiro atoms. The van der Waals surface area contributed by atoms with Crippen LogP contribution in [-0.4, -0.2) is 11.8 Å². The van der Waals surface area contributed by atoms with Crippen molar-refractivity contribution in [2.24, 2.45) is 0 Å². The van der Waals surface area contributed by atoms with E-state index in [9.17, 15) is 8.78 Å². The first kappa shape index (κ1) is 10.9. The molecule has 1 fully saturated rings. The lowest BCUT2D eigenvalue weighted by molar-refractivity contribution is 0.252. The van der Waals surface area contributed by atoms with Gasteiger partial charge in [-0.3, -0.25) is 0 Å². The van der Waals surface area contributed by atoms with Crippen LogP contribution in [-0.2, 0) is 6.54 Å². The van der Waals surface area contributed by atoms with E-state index >= 15 is 0 Å². The van der Waals surface area contributed by atoms with Crippen LogP contribution in [0.5, 0.6) is 0 Å². The molecule has 0 heterocycles. The van der Waals surface area contributed by atoms with Gasteiger partial charge in [0.1, 0.15) is 0 Å². The molecule has 0 amide bonds. The normalized spacial score (nSPS) is 15.9. The molecule has 1 aliphatic carbocycles. The van der Waals surface area contributed by atoms with Crippen molar-refractivity contribution in [3.8, 4) is 0 Å². The molecule has 2 rings (SSSR count). The minimum Gasteiger partial charge on any atom is -0.310 e. The number of thioether (sulfide) groups is 1. The number of hydrogen-bond acceptors (Lipinski definition) is 2. The van der Waals surface area contributed by atoms with Gasteiger partial charge < -0.3 is 5.32 Å². The Labute approximate surface area is 92.3 Å². The van der Waals surface area contributed by atoms with Gasteiger partial charge in [0.25, 0.3) is 5.76 Å². The van der Waals surface area contributed by atoms with Gasteiger partial charge >= 0.3 is 0 Å². The Morgan fingerprint density at radius 2 is 2.20 bits per heavy atom. The molecule has 4 heteroatoms. The Hall–Kier alpha value is -0.610. The first-order valence-corrected chi connectivity index (χ1v) is 5.89. The molecule has 1 aromatic carbocycles. The predicted octanol–water partition coefficient (Wildman–Crippen LogP) is 3.25. The maximum atomic E-state index is 12.1. The molecule has 0 saturated heterocycles. The molecule has 1 N–H and O–H groups in total. The van der Waals surface area contributed by atoms with E-state index in [1.54, 1.807) is 6.07 Å². The van der Waals surface area contributed by atoms with E-state index in [-0.39, 0.29) is 0 Å². The molecular weight excluding hydrogens is 216 g/mol. The number of hydrogen-bond donors (Lipinski definition) is 1. The van der Waals surface area contributed by atoms with Gasteiger partial charge in [-0.1, -0.05) is 23.9 Å². The van der Waals surface area contributed by atoms with Crippen LogP contribution in [0.3, 0.4) is 0 Å². The monoisotopic (exact) mass is 229 g/mol. The smallest absolute Gasteiger partial charge is 0.288 e. The summed E-state index contributed by atoms with van der Waals surface area (Å²) in [5.74, 6) is -2.34. The highest BCUT2D eigenvalue weighted by Crippen LogP contribution is 2.26. The molecule has 0 radical (unpaired) electrons. The third-order valence-electron chi connectivity index (χ3n) is 2.30. The van der Waals surface area contributed by atoms with Crippen LogP contribution >= 0.6 is 11.8 Å². The second-order valence-electron chi connectivity index (χ2n) is 3.68. The molecule has 0 unspecified atom stereocenters. The number of benzene rings is 1. The van der Waals surface area contributed by atoms with Gasteiger partial charge in [0.05, 0.1) is 0 Å². The highest BCUT2D eigenvalue weighted by molar-refractivity contribution is 7.99. The van der Waals surface area contributed by atoms with Crippen molar-refractivity contribution in [1.82, 2.24) is 5.32 Å².